The van der Waals surface area contributed by atoms with Crippen LogP contribution in [-0.4, -0.2) is 37.6 Å². The topological polar surface area (TPSA) is 114 Å². The van der Waals surface area contributed by atoms with E-state index in [4.69, 9.17) is 9.94 Å². The van der Waals surface area contributed by atoms with Crippen LogP contribution in [0.1, 0.15) is 16.1 Å². The normalized spacial score (nSPS) is 10.7. The van der Waals surface area contributed by atoms with E-state index in [1.165, 1.54) is 0 Å². The molecule has 146 valence electrons. The molecule has 4 aromatic rings. The molecule has 0 spiro atoms. The number of nitrogens with one attached hydrogen (secondary N) is 2. The number of anilines is 2. The van der Waals surface area contributed by atoms with Crippen LogP contribution in [0.25, 0.3) is 17.0 Å². The Morgan fingerprint density at radius 3 is 2.62 bits per heavy atom. The number of carbonyl (C=O) groups is 1. The van der Waals surface area contributed by atoms with Crippen LogP contribution in [0, 0.1) is 6.92 Å². The van der Waals surface area contributed by atoms with Gasteiger partial charge in [0.2, 0.25) is 5.95 Å². The summed E-state index contributed by atoms with van der Waals surface area (Å²) in [4.78, 5) is 24.9. The first-order chi connectivity index (χ1) is 14.1. The molecule has 29 heavy (non-hydrogen) atoms. The van der Waals surface area contributed by atoms with Crippen LogP contribution >= 0.6 is 0 Å². The second-order valence-electron chi connectivity index (χ2n) is 6.25. The van der Waals surface area contributed by atoms with Crippen LogP contribution in [0.3, 0.4) is 0 Å². The van der Waals surface area contributed by atoms with Gasteiger partial charge in [-0.15, -0.1) is 0 Å². The van der Waals surface area contributed by atoms with Crippen molar-refractivity contribution < 1.29 is 14.7 Å². The first kappa shape index (κ1) is 18.4. The number of methoxy groups -OCH3 is 1. The van der Waals surface area contributed by atoms with Gasteiger partial charge in [-0.3, -0.25) is 14.4 Å². The molecule has 0 aliphatic carbocycles. The van der Waals surface area contributed by atoms with Crippen molar-refractivity contribution in [1.82, 2.24) is 24.8 Å². The zero-order chi connectivity index (χ0) is 20.4. The SMILES string of the molecule is COc1ccc2nc(C)c(-c3ccnc(Nc4ccc(C(=O)NO)cc4)n3)n2c1. The van der Waals surface area contributed by atoms with E-state index in [0.29, 0.717) is 22.9 Å². The molecule has 0 aliphatic heterocycles. The molecule has 0 unspecified atom stereocenters. The summed E-state index contributed by atoms with van der Waals surface area (Å²) in [6, 6.07) is 12.1. The highest BCUT2D eigenvalue weighted by Gasteiger charge is 2.14. The summed E-state index contributed by atoms with van der Waals surface area (Å²) in [5.74, 6) is 0.544. The summed E-state index contributed by atoms with van der Waals surface area (Å²) in [6.07, 6.45) is 3.53. The molecule has 9 heteroatoms. The van der Waals surface area contributed by atoms with Gasteiger partial charge in [0.05, 0.1) is 30.4 Å². The maximum absolute atomic E-state index is 11.4. The molecule has 0 fully saturated rings. The number of hydrogen-bond donors (Lipinski definition) is 3. The Hall–Kier alpha value is -3.98. The molecule has 0 aliphatic rings. The number of imidazole rings is 1. The van der Waals surface area contributed by atoms with Crippen molar-refractivity contribution in [3.8, 4) is 17.1 Å². The van der Waals surface area contributed by atoms with Crippen molar-refractivity contribution in [2.75, 3.05) is 12.4 Å². The standard InChI is InChI=1S/C20H18N6O3/c1-12-18(26-11-15(29-2)7-8-17(26)22-12)16-9-10-21-20(24-16)23-14-5-3-13(4-6-14)19(27)25-28/h3-11,28H,1-2H3,(H,25,27)(H,21,23,24). The van der Waals surface area contributed by atoms with Crippen LogP contribution in [0.15, 0.2) is 54.9 Å². The third kappa shape index (κ3) is 3.58. The number of rotatable bonds is 5. The largest absolute Gasteiger partial charge is 0.495 e. The lowest BCUT2D eigenvalue weighted by atomic mass is 10.2. The highest BCUT2D eigenvalue weighted by molar-refractivity contribution is 5.93. The van der Waals surface area contributed by atoms with Crippen molar-refractivity contribution in [3.63, 3.8) is 0 Å². The Labute approximate surface area is 166 Å². The van der Waals surface area contributed by atoms with E-state index in [9.17, 15) is 4.79 Å². The summed E-state index contributed by atoms with van der Waals surface area (Å²) in [7, 11) is 1.62. The number of nitrogens with zero attached hydrogens (tertiary/aromatic N) is 4. The van der Waals surface area contributed by atoms with Gasteiger partial charge in [-0.2, -0.15) is 0 Å². The Balaban J connectivity index is 1.67. The molecule has 4 rings (SSSR count). The third-order valence-electron chi connectivity index (χ3n) is 4.40. The molecule has 0 atom stereocenters. The van der Waals surface area contributed by atoms with Crippen molar-refractivity contribution in [3.05, 3.63) is 66.1 Å². The minimum atomic E-state index is -0.576. The smallest absolute Gasteiger partial charge is 0.274 e. The number of aromatic nitrogens is 4. The number of pyridine rings is 1. The van der Waals surface area contributed by atoms with Gasteiger partial charge >= 0.3 is 0 Å². The predicted molar refractivity (Wildman–Crippen MR) is 106 cm³/mol. The lowest BCUT2D eigenvalue weighted by Gasteiger charge is -2.08. The summed E-state index contributed by atoms with van der Waals surface area (Å²) in [5.41, 5.74) is 5.82. The van der Waals surface area contributed by atoms with E-state index in [1.807, 2.05) is 35.7 Å². The predicted octanol–water partition coefficient (Wildman–Crippen LogP) is 2.97. The van der Waals surface area contributed by atoms with Crippen LogP contribution in [0.2, 0.25) is 0 Å². The number of carbonyl (C=O) groups excluding carboxylic acids is 1. The van der Waals surface area contributed by atoms with Gasteiger partial charge in [-0.25, -0.2) is 20.4 Å². The fourth-order valence-electron chi connectivity index (χ4n) is 3.02. The third-order valence-corrected chi connectivity index (χ3v) is 4.40. The Morgan fingerprint density at radius 2 is 1.90 bits per heavy atom. The number of fused-ring (bicyclic) bond motifs is 1. The number of hydroxylamine groups is 1. The molecular formula is C20H18N6O3. The lowest BCUT2D eigenvalue weighted by Crippen LogP contribution is -2.18. The average molecular weight is 390 g/mol. The number of ether oxygens (including phenoxy) is 1. The first-order valence-corrected chi connectivity index (χ1v) is 8.76. The number of aryl methyl sites for hydroxylation is 1. The van der Waals surface area contributed by atoms with Gasteiger partial charge in [0.1, 0.15) is 11.4 Å². The fraction of sp³-hybridized carbons (Fsp3) is 0.100. The summed E-state index contributed by atoms with van der Waals surface area (Å²) in [6.45, 7) is 1.93. The van der Waals surface area contributed by atoms with E-state index >= 15 is 0 Å². The number of benzene rings is 1. The number of hydrogen-bond acceptors (Lipinski definition) is 7. The van der Waals surface area contributed by atoms with Gasteiger partial charge in [0, 0.05) is 17.4 Å². The van der Waals surface area contributed by atoms with E-state index in [0.717, 1.165) is 22.8 Å². The first-order valence-electron chi connectivity index (χ1n) is 8.76. The van der Waals surface area contributed by atoms with Crippen LogP contribution in [-0.2, 0) is 0 Å². The average Bonchev–Trinajstić information content (AvgIpc) is 3.08. The van der Waals surface area contributed by atoms with Crippen molar-refractivity contribution in [1.29, 1.82) is 0 Å². The lowest BCUT2D eigenvalue weighted by molar-refractivity contribution is 0.0706. The molecule has 0 saturated heterocycles. The molecule has 3 N–H and O–H groups in total. The minimum absolute atomic E-state index is 0.336. The van der Waals surface area contributed by atoms with Gasteiger partial charge in [-0.05, 0) is 49.4 Å². The molecule has 0 saturated carbocycles. The Bertz CT molecular complexity index is 1190. The summed E-state index contributed by atoms with van der Waals surface area (Å²) in [5, 5.41) is 11.8. The van der Waals surface area contributed by atoms with Crippen molar-refractivity contribution in [2.45, 2.75) is 6.92 Å². The second-order valence-corrected chi connectivity index (χ2v) is 6.25. The van der Waals surface area contributed by atoms with Crippen molar-refractivity contribution >= 4 is 23.2 Å². The van der Waals surface area contributed by atoms with E-state index in [2.05, 4.69) is 20.3 Å². The molecule has 3 heterocycles. The van der Waals surface area contributed by atoms with Gasteiger partial charge in [-0.1, -0.05) is 0 Å². The van der Waals surface area contributed by atoms with E-state index in [1.54, 1.807) is 43.1 Å². The highest BCUT2D eigenvalue weighted by atomic mass is 16.5. The zero-order valence-electron chi connectivity index (χ0n) is 15.7. The van der Waals surface area contributed by atoms with Crippen LogP contribution < -0.4 is 15.5 Å². The molecule has 1 amide bonds. The second kappa shape index (κ2) is 7.56. The summed E-state index contributed by atoms with van der Waals surface area (Å²) < 4.78 is 7.26. The maximum atomic E-state index is 11.4. The number of amides is 1. The van der Waals surface area contributed by atoms with E-state index in [-0.39, 0.29) is 0 Å². The minimum Gasteiger partial charge on any atom is -0.495 e. The van der Waals surface area contributed by atoms with Gasteiger partial charge in [0.15, 0.2) is 0 Å². The molecule has 0 radical (unpaired) electrons. The van der Waals surface area contributed by atoms with Gasteiger partial charge in [0.25, 0.3) is 5.91 Å². The Morgan fingerprint density at radius 1 is 1.10 bits per heavy atom. The molecular weight excluding hydrogens is 372 g/mol. The maximum Gasteiger partial charge on any atom is 0.274 e. The zero-order valence-corrected chi connectivity index (χ0v) is 15.7. The quantitative estimate of drug-likeness (QED) is 0.355. The van der Waals surface area contributed by atoms with Gasteiger partial charge < -0.3 is 10.1 Å². The molecule has 9 nitrogen and oxygen atoms in total. The highest BCUT2D eigenvalue weighted by Crippen LogP contribution is 2.26. The molecule has 3 aromatic heterocycles. The fourth-order valence-corrected chi connectivity index (χ4v) is 3.02. The Kier molecular flexibility index (Phi) is 4.80. The summed E-state index contributed by atoms with van der Waals surface area (Å²) >= 11 is 0. The molecule has 1 aromatic carbocycles. The van der Waals surface area contributed by atoms with Crippen LogP contribution in [0.5, 0.6) is 5.75 Å². The molecule has 0 bridgehead atoms. The van der Waals surface area contributed by atoms with E-state index < -0.39 is 5.91 Å². The monoisotopic (exact) mass is 390 g/mol. The van der Waals surface area contributed by atoms with Crippen molar-refractivity contribution in [2.24, 2.45) is 0 Å². The van der Waals surface area contributed by atoms with Crippen LogP contribution in [0.4, 0.5) is 11.6 Å².